The largest absolute Gasteiger partial charge is 0.490 e. The smallest absolute Gasteiger partial charge is 0.242 e. The molecular weight excluding hydrogens is 511 g/mol. The zero-order valence-corrected chi connectivity index (χ0v) is 20.5. The van der Waals surface area contributed by atoms with Crippen LogP contribution >= 0.6 is 24.0 Å². The summed E-state index contributed by atoms with van der Waals surface area (Å²) in [5.74, 6) is 1.78. The second-order valence-corrected chi connectivity index (χ2v) is 8.00. The summed E-state index contributed by atoms with van der Waals surface area (Å²) >= 11 is 0. The van der Waals surface area contributed by atoms with Crippen LogP contribution in [0.3, 0.4) is 0 Å². The van der Waals surface area contributed by atoms with E-state index in [0.29, 0.717) is 38.0 Å². The molecule has 2 aromatic rings. The molecule has 1 aromatic heterocycles. The van der Waals surface area contributed by atoms with E-state index in [2.05, 4.69) is 26.0 Å². The van der Waals surface area contributed by atoms with Crippen molar-refractivity contribution in [3.63, 3.8) is 0 Å². The van der Waals surface area contributed by atoms with Crippen LogP contribution in [-0.2, 0) is 11.3 Å². The van der Waals surface area contributed by atoms with Crippen LogP contribution in [0.4, 0.5) is 5.69 Å². The number of guanidine groups is 1. The molecule has 1 aromatic carbocycles. The topological polar surface area (TPSA) is 102 Å². The monoisotopic (exact) mass is 542 g/mol. The molecule has 9 nitrogen and oxygen atoms in total. The maximum absolute atomic E-state index is 12.2. The molecule has 3 N–H and O–H groups in total. The number of halogens is 1. The lowest BCUT2D eigenvalue weighted by Crippen LogP contribution is -2.42. The van der Waals surface area contributed by atoms with Crippen LogP contribution in [0.15, 0.2) is 41.7 Å². The van der Waals surface area contributed by atoms with Crippen molar-refractivity contribution in [2.75, 3.05) is 31.6 Å². The number of ether oxygens (including phenoxy) is 2. The minimum Gasteiger partial charge on any atom is -0.490 e. The summed E-state index contributed by atoms with van der Waals surface area (Å²) in [6.45, 7) is 8.35. The van der Waals surface area contributed by atoms with Crippen LogP contribution in [0.2, 0.25) is 0 Å². The molecule has 1 amide bonds. The van der Waals surface area contributed by atoms with Gasteiger partial charge in [-0.2, -0.15) is 5.10 Å². The van der Waals surface area contributed by atoms with Crippen LogP contribution in [0.1, 0.15) is 27.2 Å². The van der Waals surface area contributed by atoms with Gasteiger partial charge in [0.15, 0.2) is 17.5 Å². The van der Waals surface area contributed by atoms with Gasteiger partial charge in [-0.1, -0.05) is 0 Å². The van der Waals surface area contributed by atoms with Crippen molar-refractivity contribution in [3.8, 4) is 11.5 Å². The first-order valence-electron chi connectivity index (χ1n) is 10.1. The molecule has 0 bridgehead atoms. The molecule has 10 heteroatoms. The van der Waals surface area contributed by atoms with Gasteiger partial charge in [-0.05, 0) is 39.0 Å². The molecule has 170 valence electrons. The Labute approximate surface area is 200 Å². The van der Waals surface area contributed by atoms with Crippen LogP contribution in [0, 0.1) is 0 Å². The first-order valence-corrected chi connectivity index (χ1v) is 10.1. The highest BCUT2D eigenvalue weighted by Gasteiger charge is 2.14. The van der Waals surface area contributed by atoms with E-state index >= 15 is 0 Å². The van der Waals surface area contributed by atoms with Gasteiger partial charge in [0.2, 0.25) is 5.91 Å². The third-order valence-corrected chi connectivity index (χ3v) is 4.10. The van der Waals surface area contributed by atoms with E-state index in [9.17, 15) is 4.79 Å². The predicted octanol–water partition coefficient (Wildman–Crippen LogP) is 2.63. The number of fused-ring (bicyclic) bond motifs is 1. The fourth-order valence-electron chi connectivity index (χ4n) is 2.85. The summed E-state index contributed by atoms with van der Waals surface area (Å²) in [5, 5.41) is 13.6. The highest BCUT2D eigenvalue weighted by Crippen LogP contribution is 2.32. The van der Waals surface area contributed by atoms with Crippen molar-refractivity contribution in [3.05, 3.63) is 36.7 Å². The van der Waals surface area contributed by atoms with Gasteiger partial charge in [-0.15, -0.1) is 24.0 Å². The second-order valence-electron chi connectivity index (χ2n) is 8.00. The Kier molecular flexibility index (Phi) is 9.41. The molecule has 0 aliphatic carbocycles. The first kappa shape index (κ1) is 24.8. The average Bonchev–Trinajstić information content (AvgIpc) is 3.08. The lowest BCUT2D eigenvalue weighted by Gasteiger charge is -2.20. The molecule has 31 heavy (non-hydrogen) atoms. The number of hydrogen-bond donors (Lipinski definition) is 3. The number of aliphatic imine (C=N–C) groups is 1. The number of nitrogens with one attached hydrogen (secondary N) is 3. The van der Waals surface area contributed by atoms with Crippen molar-refractivity contribution in [2.45, 2.75) is 39.3 Å². The van der Waals surface area contributed by atoms with Crippen LogP contribution in [0.5, 0.6) is 11.5 Å². The van der Waals surface area contributed by atoms with Crippen molar-refractivity contribution in [1.82, 2.24) is 20.4 Å². The Hall–Kier alpha value is -2.50. The number of aromatic nitrogens is 2. The summed E-state index contributed by atoms with van der Waals surface area (Å²) in [7, 11) is 0. The van der Waals surface area contributed by atoms with E-state index in [4.69, 9.17) is 9.47 Å². The van der Waals surface area contributed by atoms with Gasteiger partial charge < -0.3 is 25.4 Å². The maximum atomic E-state index is 12.2. The van der Waals surface area contributed by atoms with Crippen molar-refractivity contribution in [2.24, 2.45) is 4.99 Å². The lowest BCUT2D eigenvalue weighted by atomic mass is 10.1. The molecule has 1 aliphatic rings. The molecule has 0 fully saturated rings. The highest BCUT2D eigenvalue weighted by molar-refractivity contribution is 14.0. The molecule has 0 saturated heterocycles. The molecule has 0 spiro atoms. The fourth-order valence-corrected chi connectivity index (χ4v) is 2.85. The molecule has 0 radical (unpaired) electrons. The van der Waals surface area contributed by atoms with Gasteiger partial charge in [0, 0.05) is 42.7 Å². The van der Waals surface area contributed by atoms with Gasteiger partial charge >= 0.3 is 0 Å². The predicted molar refractivity (Wildman–Crippen MR) is 132 cm³/mol. The standard InChI is InChI=1S/C21H30N6O3.HI/c1-21(2,3)26-19(28)15-23-20(22-9-11-27-10-4-8-24-27)25-16-6-7-17-18(14-16)30-13-5-12-29-17;/h4,6-8,10,14H,5,9,11-13,15H2,1-3H3,(H,26,28)(H2,22,23,25);1H. The van der Waals surface area contributed by atoms with E-state index in [1.807, 2.05) is 55.9 Å². The number of rotatable bonds is 6. The number of amides is 1. The summed E-state index contributed by atoms with van der Waals surface area (Å²) in [4.78, 5) is 16.6. The Morgan fingerprint density at radius 1 is 1.23 bits per heavy atom. The Balaban J connectivity index is 0.00000341. The van der Waals surface area contributed by atoms with Gasteiger partial charge in [0.1, 0.15) is 6.54 Å². The molecule has 1 aliphatic heterocycles. The van der Waals surface area contributed by atoms with E-state index < -0.39 is 0 Å². The zero-order valence-electron chi connectivity index (χ0n) is 18.2. The van der Waals surface area contributed by atoms with Crippen LogP contribution in [-0.4, -0.2) is 53.5 Å². The van der Waals surface area contributed by atoms with Crippen molar-refractivity contribution in [1.29, 1.82) is 0 Å². The minimum absolute atomic E-state index is 0. The van der Waals surface area contributed by atoms with Gasteiger partial charge in [0.25, 0.3) is 0 Å². The molecule has 0 saturated carbocycles. The van der Waals surface area contributed by atoms with E-state index in [1.165, 1.54) is 0 Å². The third kappa shape index (κ3) is 8.64. The summed E-state index contributed by atoms with van der Waals surface area (Å²) in [6, 6.07) is 7.52. The molecule has 2 heterocycles. The quantitative estimate of drug-likeness (QED) is 0.295. The average molecular weight is 542 g/mol. The van der Waals surface area contributed by atoms with E-state index in [1.54, 1.807) is 6.20 Å². The molecule has 0 atom stereocenters. The summed E-state index contributed by atoms with van der Waals surface area (Å²) in [6.07, 6.45) is 4.48. The Bertz CT molecular complexity index is 864. The SMILES string of the molecule is CC(C)(C)NC(=O)CN=C(NCCn1cccn1)Nc1ccc2c(c1)OCCCO2.I. The molecular formula is C21H31IN6O3. The Morgan fingerprint density at radius 3 is 2.71 bits per heavy atom. The normalized spacial score (nSPS) is 13.6. The number of anilines is 1. The van der Waals surface area contributed by atoms with Gasteiger partial charge in [-0.25, -0.2) is 4.99 Å². The van der Waals surface area contributed by atoms with Crippen LogP contribution in [0.25, 0.3) is 0 Å². The van der Waals surface area contributed by atoms with Crippen LogP contribution < -0.4 is 25.4 Å². The number of carbonyl (C=O) groups is 1. The van der Waals surface area contributed by atoms with Gasteiger partial charge in [0.05, 0.1) is 19.8 Å². The fraction of sp³-hybridized carbons (Fsp3) is 0.476. The number of hydrogen-bond acceptors (Lipinski definition) is 5. The van der Waals surface area contributed by atoms with Crippen molar-refractivity contribution < 1.29 is 14.3 Å². The highest BCUT2D eigenvalue weighted by atomic mass is 127. The number of nitrogens with zero attached hydrogens (tertiary/aromatic N) is 3. The molecule has 3 rings (SSSR count). The second kappa shape index (κ2) is 11.8. The first-order chi connectivity index (χ1) is 14.4. The Morgan fingerprint density at radius 2 is 2.00 bits per heavy atom. The van der Waals surface area contributed by atoms with Crippen molar-refractivity contribution >= 4 is 41.5 Å². The number of carbonyl (C=O) groups excluding carboxylic acids is 1. The van der Waals surface area contributed by atoms with E-state index in [-0.39, 0.29) is 42.0 Å². The third-order valence-electron chi connectivity index (χ3n) is 4.10. The maximum Gasteiger partial charge on any atom is 0.242 e. The lowest BCUT2D eigenvalue weighted by molar-refractivity contribution is -0.121. The minimum atomic E-state index is -0.304. The zero-order chi connectivity index (χ0) is 21.4. The summed E-state index contributed by atoms with van der Waals surface area (Å²) < 4.78 is 13.3. The number of benzene rings is 1. The summed E-state index contributed by atoms with van der Waals surface area (Å²) in [5.41, 5.74) is 0.489. The van der Waals surface area contributed by atoms with E-state index in [0.717, 1.165) is 17.9 Å². The van der Waals surface area contributed by atoms with Gasteiger partial charge in [-0.3, -0.25) is 9.48 Å². The molecule has 0 unspecified atom stereocenters.